The van der Waals surface area contributed by atoms with Gasteiger partial charge in [0, 0.05) is 30.5 Å². The second-order valence-corrected chi connectivity index (χ2v) is 8.82. The number of halogens is 2. The topological polar surface area (TPSA) is 79.5 Å². The first-order chi connectivity index (χ1) is 12.4. The largest absolute Gasteiger partial charge is 0.459 e. The number of benzene rings is 2. The molecule has 0 aliphatic carbocycles. The molecular weight excluding hydrogens is 409 g/mol. The van der Waals surface area contributed by atoms with Gasteiger partial charge in [-0.25, -0.2) is 8.42 Å². The van der Waals surface area contributed by atoms with E-state index in [0.29, 0.717) is 17.7 Å². The van der Waals surface area contributed by atoms with Gasteiger partial charge in [0.05, 0.1) is 20.9 Å². The van der Waals surface area contributed by atoms with Gasteiger partial charge in [-0.1, -0.05) is 23.7 Å². The Bertz CT molecular complexity index is 1090. The zero-order valence-corrected chi connectivity index (χ0v) is 16.9. The third kappa shape index (κ3) is 3.48. The second kappa shape index (κ2) is 7.45. The number of aliphatic hydroxyl groups excluding tert-OH is 1. The number of rotatable bonds is 3. The van der Waals surface area contributed by atoms with Gasteiger partial charge in [-0.15, -0.1) is 12.4 Å². The third-order valence-corrected chi connectivity index (χ3v) is 6.75. The minimum atomic E-state index is -3.73. The maximum atomic E-state index is 13.0. The van der Waals surface area contributed by atoms with E-state index >= 15 is 0 Å². The maximum absolute atomic E-state index is 13.0. The molecule has 1 aliphatic heterocycles. The number of sulfone groups is 1. The van der Waals surface area contributed by atoms with Gasteiger partial charge in [0.25, 0.3) is 0 Å². The normalized spacial score (nSPS) is 15.2. The van der Waals surface area contributed by atoms with E-state index in [2.05, 4.69) is 5.32 Å². The van der Waals surface area contributed by atoms with Crippen molar-refractivity contribution < 1.29 is 17.9 Å². The molecule has 4 rings (SSSR count). The molecule has 3 aromatic rings. The van der Waals surface area contributed by atoms with Gasteiger partial charge in [-0.05, 0) is 36.8 Å². The zero-order valence-electron chi connectivity index (χ0n) is 14.5. The Morgan fingerprint density at radius 2 is 1.89 bits per heavy atom. The van der Waals surface area contributed by atoms with Crippen LogP contribution in [0.1, 0.15) is 29.9 Å². The van der Waals surface area contributed by atoms with E-state index in [0.717, 1.165) is 29.7 Å². The Kier molecular flexibility index (Phi) is 5.57. The van der Waals surface area contributed by atoms with Crippen LogP contribution < -0.4 is 5.32 Å². The highest BCUT2D eigenvalue weighted by Crippen LogP contribution is 2.36. The quantitative estimate of drug-likeness (QED) is 0.658. The Hall–Kier alpha value is -1.57. The minimum Gasteiger partial charge on any atom is -0.459 e. The molecule has 5 nitrogen and oxygen atoms in total. The van der Waals surface area contributed by atoms with Gasteiger partial charge < -0.3 is 14.8 Å². The van der Waals surface area contributed by atoms with Gasteiger partial charge in [-0.2, -0.15) is 0 Å². The van der Waals surface area contributed by atoms with Crippen molar-refractivity contribution in [1.82, 2.24) is 5.32 Å². The highest BCUT2D eigenvalue weighted by molar-refractivity contribution is 7.91. The van der Waals surface area contributed by atoms with Crippen molar-refractivity contribution in [3.8, 4) is 0 Å². The molecule has 8 heteroatoms. The molecule has 0 fully saturated rings. The average molecular weight is 428 g/mol. The predicted octanol–water partition coefficient (Wildman–Crippen LogP) is 4.04. The van der Waals surface area contributed by atoms with Gasteiger partial charge in [0.15, 0.2) is 5.58 Å². The lowest BCUT2D eigenvalue weighted by atomic mass is 10.1. The molecule has 27 heavy (non-hydrogen) atoms. The summed E-state index contributed by atoms with van der Waals surface area (Å²) in [4.78, 5) is 0.293. The molecule has 0 saturated carbocycles. The first-order valence-corrected chi connectivity index (χ1v) is 10.2. The second-order valence-electron chi connectivity index (χ2n) is 6.46. The summed E-state index contributed by atoms with van der Waals surface area (Å²) in [6.07, 6.45) is 0.103. The molecule has 0 bridgehead atoms. The summed E-state index contributed by atoms with van der Waals surface area (Å²) in [5, 5.41) is 13.9. The van der Waals surface area contributed by atoms with Crippen LogP contribution in [-0.4, -0.2) is 20.1 Å². The molecule has 2 heterocycles. The summed E-state index contributed by atoms with van der Waals surface area (Å²) in [7, 11) is -3.73. The lowest BCUT2D eigenvalue weighted by Crippen LogP contribution is -2.22. The van der Waals surface area contributed by atoms with Crippen molar-refractivity contribution >= 4 is 44.8 Å². The van der Waals surface area contributed by atoms with E-state index in [1.807, 2.05) is 0 Å². The van der Waals surface area contributed by atoms with Gasteiger partial charge in [-0.3, -0.25) is 0 Å². The molecule has 1 atom stereocenters. The molecule has 0 radical (unpaired) electrons. The molecule has 0 saturated heterocycles. The van der Waals surface area contributed by atoms with E-state index in [9.17, 15) is 13.5 Å². The van der Waals surface area contributed by atoms with Crippen LogP contribution in [0.4, 0.5) is 0 Å². The van der Waals surface area contributed by atoms with Crippen molar-refractivity contribution in [2.45, 2.75) is 35.8 Å². The summed E-state index contributed by atoms with van der Waals surface area (Å²) in [6, 6.07) is 9.30. The molecule has 1 aliphatic rings. The fourth-order valence-corrected chi connectivity index (χ4v) is 4.89. The molecule has 1 aromatic heterocycles. The fourth-order valence-electron chi connectivity index (χ4n) is 3.26. The van der Waals surface area contributed by atoms with Crippen LogP contribution in [0, 0.1) is 0 Å². The molecule has 144 valence electrons. The van der Waals surface area contributed by atoms with Gasteiger partial charge >= 0.3 is 0 Å². The maximum Gasteiger partial charge on any atom is 0.206 e. The number of furan rings is 1. The van der Waals surface area contributed by atoms with Crippen molar-refractivity contribution in [3.63, 3.8) is 0 Å². The lowest BCUT2D eigenvalue weighted by molar-refractivity contribution is 0.199. The minimum absolute atomic E-state index is 0. The number of hydrogen-bond acceptors (Lipinski definition) is 5. The van der Waals surface area contributed by atoms with E-state index in [1.54, 1.807) is 25.1 Å². The molecule has 2 aromatic carbocycles. The van der Waals surface area contributed by atoms with E-state index in [-0.39, 0.29) is 27.2 Å². The van der Waals surface area contributed by atoms with Crippen molar-refractivity contribution in [2.75, 3.05) is 6.54 Å². The summed E-state index contributed by atoms with van der Waals surface area (Å²) in [5.41, 5.74) is 2.16. The summed E-state index contributed by atoms with van der Waals surface area (Å²) in [5.74, 6) is 0.858. The number of aliphatic hydroxyl groups is 1. The van der Waals surface area contributed by atoms with Gasteiger partial charge in [0.2, 0.25) is 9.84 Å². The van der Waals surface area contributed by atoms with Crippen LogP contribution in [0.25, 0.3) is 11.0 Å². The Morgan fingerprint density at radius 3 is 2.56 bits per heavy atom. The fraction of sp³-hybridized carbons (Fsp3) is 0.263. The Balaban J connectivity index is 0.00000210. The predicted molar refractivity (Wildman–Crippen MR) is 106 cm³/mol. The Labute approximate surface area is 168 Å². The SMILES string of the molecule is CC(O)c1ccc(S(=O)(=O)c2cc(Cl)c3oc4c(c3c2)CNCC4)cc1.Cl. The molecule has 2 N–H and O–H groups in total. The Morgan fingerprint density at radius 1 is 1.19 bits per heavy atom. The summed E-state index contributed by atoms with van der Waals surface area (Å²) >= 11 is 6.33. The summed E-state index contributed by atoms with van der Waals surface area (Å²) < 4.78 is 31.9. The van der Waals surface area contributed by atoms with Crippen molar-refractivity contribution in [3.05, 3.63) is 58.3 Å². The van der Waals surface area contributed by atoms with Crippen LogP contribution in [0.5, 0.6) is 0 Å². The molecular formula is C19H19Cl2NO4S. The highest BCUT2D eigenvalue weighted by Gasteiger charge is 2.24. The van der Waals surface area contributed by atoms with Crippen molar-refractivity contribution in [1.29, 1.82) is 0 Å². The van der Waals surface area contributed by atoms with E-state index < -0.39 is 15.9 Å². The summed E-state index contributed by atoms with van der Waals surface area (Å²) in [6.45, 7) is 3.09. The van der Waals surface area contributed by atoms with Crippen molar-refractivity contribution in [2.24, 2.45) is 0 Å². The molecule has 0 spiro atoms. The lowest BCUT2D eigenvalue weighted by Gasteiger charge is -2.11. The monoisotopic (exact) mass is 427 g/mol. The third-order valence-electron chi connectivity index (χ3n) is 4.72. The van der Waals surface area contributed by atoms with Crippen LogP contribution in [0.2, 0.25) is 5.02 Å². The van der Waals surface area contributed by atoms with Crippen LogP contribution in [-0.2, 0) is 22.8 Å². The number of hydrogen-bond donors (Lipinski definition) is 2. The molecule has 0 amide bonds. The number of nitrogens with one attached hydrogen (secondary N) is 1. The first kappa shape index (κ1) is 20.2. The molecule has 1 unspecified atom stereocenters. The standard InChI is InChI=1S/C19H18ClNO4S.ClH/c1-11(22)12-2-4-13(5-3-12)26(23,24)14-8-15-16-10-21-7-6-18(16)25-19(15)17(20)9-14;/h2-5,8-9,11,21-22H,6-7,10H2,1H3;1H. The first-order valence-electron chi connectivity index (χ1n) is 8.35. The average Bonchev–Trinajstić information content (AvgIpc) is 3.01. The zero-order chi connectivity index (χ0) is 18.5. The van der Waals surface area contributed by atoms with Gasteiger partial charge in [0.1, 0.15) is 5.76 Å². The van der Waals surface area contributed by atoms with Crippen LogP contribution in [0.15, 0.2) is 50.6 Å². The van der Waals surface area contributed by atoms with E-state index in [4.69, 9.17) is 16.0 Å². The van der Waals surface area contributed by atoms with E-state index in [1.165, 1.54) is 18.2 Å². The smallest absolute Gasteiger partial charge is 0.206 e. The highest BCUT2D eigenvalue weighted by atomic mass is 35.5. The van der Waals surface area contributed by atoms with Crippen LogP contribution >= 0.6 is 24.0 Å². The van der Waals surface area contributed by atoms with Crippen LogP contribution in [0.3, 0.4) is 0 Å². The number of fused-ring (bicyclic) bond motifs is 3.